The minimum atomic E-state index is 0.634. The molecule has 1 heterocycles. The van der Waals surface area contributed by atoms with Gasteiger partial charge in [-0.3, -0.25) is 4.90 Å². The van der Waals surface area contributed by atoms with E-state index in [9.17, 15) is 0 Å². The summed E-state index contributed by atoms with van der Waals surface area (Å²) in [4.78, 5) is 2.55. The van der Waals surface area contributed by atoms with Crippen LogP contribution in [0.2, 0.25) is 0 Å². The molecule has 2 unspecified atom stereocenters. The molecule has 0 aromatic rings. The van der Waals surface area contributed by atoms with Gasteiger partial charge in [-0.05, 0) is 33.7 Å². The molecule has 2 atom stereocenters. The van der Waals surface area contributed by atoms with Crippen LogP contribution < -0.4 is 5.32 Å². The van der Waals surface area contributed by atoms with Crippen LogP contribution in [0.15, 0.2) is 12.2 Å². The molecular weight excluding hydrogens is 160 g/mol. The highest BCUT2D eigenvalue weighted by Crippen LogP contribution is 2.08. The number of hydrogen-bond donors (Lipinski definition) is 1. The molecule has 0 aliphatic carbocycles. The van der Waals surface area contributed by atoms with E-state index in [1.807, 2.05) is 0 Å². The zero-order chi connectivity index (χ0) is 9.68. The lowest BCUT2D eigenvalue weighted by molar-refractivity contribution is 0.230. The highest BCUT2D eigenvalue weighted by atomic mass is 15.2. The molecule has 13 heavy (non-hydrogen) atoms. The molecule has 0 radical (unpaired) electrons. The van der Waals surface area contributed by atoms with Crippen LogP contribution in [0.4, 0.5) is 0 Å². The molecule has 0 aromatic carbocycles. The fourth-order valence-corrected chi connectivity index (χ4v) is 1.81. The number of nitrogens with zero attached hydrogens (tertiary/aromatic N) is 1. The lowest BCUT2D eigenvalue weighted by Crippen LogP contribution is -2.38. The Morgan fingerprint density at radius 3 is 2.92 bits per heavy atom. The Labute approximate surface area is 82.0 Å². The first-order chi connectivity index (χ1) is 6.24. The van der Waals surface area contributed by atoms with Crippen molar-refractivity contribution in [3.8, 4) is 0 Å². The fraction of sp³-hybridized carbons (Fsp3) is 0.818. The first-order valence-electron chi connectivity index (χ1n) is 5.32. The van der Waals surface area contributed by atoms with E-state index in [2.05, 4.69) is 43.1 Å². The monoisotopic (exact) mass is 182 g/mol. The van der Waals surface area contributed by atoms with Crippen molar-refractivity contribution < 1.29 is 0 Å². The molecule has 1 saturated heterocycles. The predicted molar refractivity (Wildman–Crippen MR) is 57.9 cm³/mol. The van der Waals surface area contributed by atoms with Gasteiger partial charge in [-0.1, -0.05) is 12.2 Å². The van der Waals surface area contributed by atoms with Gasteiger partial charge in [0.2, 0.25) is 0 Å². The summed E-state index contributed by atoms with van der Waals surface area (Å²) in [5, 5.41) is 3.52. The van der Waals surface area contributed by atoms with Gasteiger partial charge < -0.3 is 5.32 Å². The van der Waals surface area contributed by atoms with Gasteiger partial charge in [0.15, 0.2) is 0 Å². The van der Waals surface area contributed by atoms with Gasteiger partial charge in [0, 0.05) is 25.2 Å². The summed E-state index contributed by atoms with van der Waals surface area (Å²) in [7, 11) is 0. The normalized spacial score (nSPS) is 32.2. The van der Waals surface area contributed by atoms with Crippen molar-refractivity contribution in [3.05, 3.63) is 12.2 Å². The van der Waals surface area contributed by atoms with Gasteiger partial charge in [0.05, 0.1) is 0 Å². The molecule has 0 spiro atoms. The van der Waals surface area contributed by atoms with E-state index in [4.69, 9.17) is 0 Å². The highest BCUT2D eigenvalue weighted by Gasteiger charge is 2.18. The van der Waals surface area contributed by atoms with E-state index in [1.165, 1.54) is 13.0 Å². The predicted octanol–water partition coefficient (Wildman–Crippen LogP) is 1.63. The molecule has 1 fully saturated rings. The van der Waals surface area contributed by atoms with Crippen molar-refractivity contribution >= 4 is 0 Å². The second-order valence-electron chi connectivity index (χ2n) is 4.02. The lowest BCUT2D eigenvalue weighted by Gasteiger charge is -2.26. The van der Waals surface area contributed by atoms with Crippen molar-refractivity contribution in [1.82, 2.24) is 10.2 Å². The maximum atomic E-state index is 3.52. The average Bonchev–Trinajstić information content (AvgIpc) is 2.25. The van der Waals surface area contributed by atoms with Crippen LogP contribution in [-0.4, -0.2) is 36.6 Å². The lowest BCUT2D eigenvalue weighted by atomic mass is 10.2. The van der Waals surface area contributed by atoms with Crippen LogP contribution in [0.1, 0.15) is 27.2 Å². The van der Waals surface area contributed by atoms with Gasteiger partial charge in [-0.2, -0.15) is 0 Å². The third kappa shape index (κ3) is 3.49. The quantitative estimate of drug-likeness (QED) is 0.653. The third-order valence-electron chi connectivity index (χ3n) is 2.76. The standard InChI is InChI=1S/C11H22N2/c1-4-5-8-13-9-10(2)12-7-6-11(13)3/h4-5,10-12H,6-9H2,1-3H3/b5-4+. The number of allylic oxidation sites excluding steroid dienone is 1. The first kappa shape index (κ1) is 10.7. The summed E-state index contributed by atoms with van der Waals surface area (Å²) in [6.45, 7) is 10.1. The zero-order valence-electron chi connectivity index (χ0n) is 9.09. The van der Waals surface area contributed by atoms with E-state index in [-0.39, 0.29) is 0 Å². The van der Waals surface area contributed by atoms with E-state index in [0.717, 1.165) is 13.1 Å². The molecule has 0 bridgehead atoms. The number of nitrogens with one attached hydrogen (secondary N) is 1. The van der Waals surface area contributed by atoms with Crippen LogP contribution in [0.3, 0.4) is 0 Å². The molecule has 0 saturated carbocycles. The maximum Gasteiger partial charge on any atom is 0.0166 e. The average molecular weight is 182 g/mol. The molecule has 2 heteroatoms. The van der Waals surface area contributed by atoms with Crippen molar-refractivity contribution in [2.45, 2.75) is 39.3 Å². The van der Waals surface area contributed by atoms with Gasteiger partial charge >= 0.3 is 0 Å². The van der Waals surface area contributed by atoms with E-state index < -0.39 is 0 Å². The van der Waals surface area contributed by atoms with Crippen LogP contribution in [0, 0.1) is 0 Å². The van der Waals surface area contributed by atoms with Crippen molar-refractivity contribution in [2.75, 3.05) is 19.6 Å². The SMILES string of the molecule is C/C=C/CN1CC(C)NCCC1C. The summed E-state index contributed by atoms with van der Waals surface area (Å²) in [6.07, 6.45) is 5.64. The summed E-state index contributed by atoms with van der Waals surface area (Å²) >= 11 is 0. The molecule has 1 aliphatic heterocycles. The first-order valence-corrected chi connectivity index (χ1v) is 5.32. The summed E-state index contributed by atoms with van der Waals surface area (Å²) in [6, 6.07) is 1.35. The fourth-order valence-electron chi connectivity index (χ4n) is 1.81. The zero-order valence-corrected chi connectivity index (χ0v) is 9.09. The molecule has 1 rings (SSSR count). The van der Waals surface area contributed by atoms with Crippen LogP contribution in [0.25, 0.3) is 0 Å². The number of rotatable bonds is 2. The Balaban J connectivity index is 2.46. The highest BCUT2D eigenvalue weighted by molar-refractivity contribution is 4.86. The molecule has 0 aromatic heterocycles. The van der Waals surface area contributed by atoms with Gasteiger partial charge in [-0.25, -0.2) is 0 Å². The Morgan fingerprint density at radius 1 is 1.46 bits per heavy atom. The maximum absolute atomic E-state index is 3.52. The Hall–Kier alpha value is -0.340. The van der Waals surface area contributed by atoms with Crippen molar-refractivity contribution in [1.29, 1.82) is 0 Å². The molecule has 1 aliphatic rings. The van der Waals surface area contributed by atoms with Crippen LogP contribution in [-0.2, 0) is 0 Å². The number of hydrogen-bond acceptors (Lipinski definition) is 2. The Morgan fingerprint density at radius 2 is 2.23 bits per heavy atom. The molecule has 76 valence electrons. The van der Waals surface area contributed by atoms with Gasteiger partial charge in [0.25, 0.3) is 0 Å². The second kappa shape index (κ2) is 5.40. The minimum absolute atomic E-state index is 0.634. The Kier molecular flexibility index (Phi) is 4.46. The summed E-state index contributed by atoms with van der Waals surface area (Å²) in [5.41, 5.74) is 0. The Bertz CT molecular complexity index is 165. The van der Waals surface area contributed by atoms with Crippen LogP contribution >= 0.6 is 0 Å². The summed E-state index contributed by atoms with van der Waals surface area (Å²) in [5.74, 6) is 0. The minimum Gasteiger partial charge on any atom is -0.313 e. The molecule has 2 nitrogen and oxygen atoms in total. The third-order valence-corrected chi connectivity index (χ3v) is 2.76. The van der Waals surface area contributed by atoms with E-state index in [1.54, 1.807) is 0 Å². The largest absolute Gasteiger partial charge is 0.313 e. The van der Waals surface area contributed by atoms with E-state index in [0.29, 0.717) is 12.1 Å². The van der Waals surface area contributed by atoms with Gasteiger partial charge in [0.1, 0.15) is 0 Å². The van der Waals surface area contributed by atoms with Crippen LogP contribution in [0.5, 0.6) is 0 Å². The molecule has 1 N–H and O–H groups in total. The topological polar surface area (TPSA) is 15.3 Å². The molecular formula is C11H22N2. The summed E-state index contributed by atoms with van der Waals surface area (Å²) < 4.78 is 0. The van der Waals surface area contributed by atoms with Crippen molar-refractivity contribution in [2.24, 2.45) is 0 Å². The molecule has 0 amide bonds. The van der Waals surface area contributed by atoms with Crippen molar-refractivity contribution in [3.63, 3.8) is 0 Å². The van der Waals surface area contributed by atoms with Gasteiger partial charge in [-0.15, -0.1) is 0 Å². The second-order valence-corrected chi connectivity index (χ2v) is 4.02. The van der Waals surface area contributed by atoms with E-state index >= 15 is 0 Å². The smallest absolute Gasteiger partial charge is 0.0166 e.